The molecule has 0 radical (unpaired) electrons. The highest BCUT2D eigenvalue weighted by atomic mass is 16.6. The van der Waals surface area contributed by atoms with Gasteiger partial charge in [0, 0.05) is 12.1 Å². The van der Waals surface area contributed by atoms with Crippen LogP contribution in [0.3, 0.4) is 0 Å². The molecule has 2 N–H and O–H groups in total. The molecule has 0 bridgehead atoms. The van der Waals surface area contributed by atoms with Gasteiger partial charge in [-0.1, -0.05) is 25.7 Å². The van der Waals surface area contributed by atoms with Crippen molar-refractivity contribution in [1.29, 1.82) is 0 Å². The van der Waals surface area contributed by atoms with Crippen LogP contribution in [0.25, 0.3) is 0 Å². The summed E-state index contributed by atoms with van der Waals surface area (Å²) < 4.78 is 13.7. The summed E-state index contributed by atoms with van der Waals surface area (Å²) in [7, 11) is 0. The third-order valence-corrected chi connectivity index (χ3v) is 6.91. The lowest BCUT2D eigenvalue weighted by Crippen LogP contribution is -2.85. The number of morpholine rings is 2. The van der Waals surface area contributed by atoms with Crippen LogP contribution in [0.15, 0.2) is 0 Å². The summed E-state index contributed by atoms with van der Waals surface area (Å²) in [5.74, 6) is 0. The number of hydrogen-bond donors (Lipinski definition) is 2. The largest absolute Gasteiger partial charge is 0.351 e. The molecule has 0 aromatic heterocycles. The van der Waals surface area contributed by atoms with Crippen molar-refractivity contribution in [3.8, 4) is 0 Å². The van der Waals surface area contributed by atoms with Crippen LogP contribution in [0.2, 0.25) is 0 Å². The quantitative estimate of drug-likeness (QED) is 0.722. The molecule has 5 aliphatic rings. The molecule has 0 amide bonds. The van der Waals surface area contributed by atoms with Gasteiger partial charge in [0.15, 0.2) is 11.4 Å². The molecule has 5 rings (SSSR count). The number of hydrogen-bond acceptors (Lipinski definition) is 4. The topological polar surface area (TPSA) is 42.5 Å². The van der Waals surface area contributed by atoms with Gasteiger partial charge in [0.2, 0.25) is 0 Å². The van der Waals surface area contributed by atoms with Crippen molar-refractivity contribution in [1.82, 2.24) is 10.6 Å². The first-order valence-electron chi connectivity index (χ1n) is 9.71. The predicted octanol–water partition coefficient (Wildman–Crippen LogP) is 2.82. The molecular weight excluding hydrogens is 276 g/mol. The minimum absolute atomic E-state index is 0.262. The maximum Gasteiger partial charge on any atom is 0.162 e. The van der Waals surface area contributed by atoms with Crippen molar-refractivity contribution in [3.05, 3.63) is 0 Å². The van der Waals surface area contributed by atoms with E-state index in [0.717, 1.165) is 12.8 Å². The maximum atomic E-state index is 6.83. The average molecular weight is 306 g/mol. The highest BCUT2D eigenvalue weighted by molar-refractivity contribution is 5.13. The van der Waals surface area contributed by atoms with Gasteiger partial charge in [-0.2, -0.15) is 0 Å². The standard InChI is InChI=1S/C18H30N2O2/c1-3-9-15-13(7-1)19-17-11-5-6-12-18(17,21-15)20-14-8-2-4-10-16(14)22-17/h13-16,19-20H,1-12H2. The Morgan fingerprint density at radius 3 is 1.55 bits per heavy atom. The van der Waals surface area contributed by atoms with Crippen molar-refractivity contribution in [2.45, 2.75) is 113 Å². The molecular formula is C18H30N2O2. The molecule has 2 saturated heterocycles. The van der Waals surface area contributed by atoms with Gasteiger partial charge in [-0.05, 0) is 51.4 Å². The van der Waals surface area contributed by atoms with Crippen LogP contribution in [0.4, 0.5) is 0 Å². The molecule has 0 aromatic rings. The lowest BCUT2D eigenvalue weighted by Gasteiger charge is -2.65. The van der Waals surface area contributed by atoms with Crippen LogP contribution in [0, 0.1) is 0 Å². The molecule has 0 aromatic carbocycles. The van der Waals surface area contributed by atoms with Crippen LogP contribution in [0.5, 0.6) is 0 Å². The summed E-state index contributed by atoms with van der Waals surface area (Å²) in [5.41, 5.74) is -0.523. The average Bonchev–Trinajstić information content (AvgIpc) is 2.55. The van der Waals surface area contributed by atoms with Gasteiger partial charge >= 0.3 is 0 Å². The van der Waals surface area contributed by atoms with E-state index in [4.69, 9.17) is 9.47 Å². The molecule has 0 spiro atoms. The van der Waals surface area contributed by atoms with E-state index in [2.05, 4.69) is 10.6 Å². The van der Waals surface area contributed by atoms with Crippen molar-refractivity contribution in [2.75, 3.05) is 0 Å². The predicted molar refractivity (Wildman–Crippen MR) is 84.5 cm³/mol. The van der Waals surface area contributed by atoms with Gasteiger partial charge < -0.3 is 9.47 Å². The van der Waals surface area contributed by atoms with E-state index in [1.165, 1.54) is 64.2 Å². The normalized spacial score (nSPS) is 54.5. The highest BCUT2D eigenvalue weighted by Crippen LogP contribution is 2.50. The number of fused-ring (bicyclic) bond motifs is 2. The van der Waals surface area contributed by atoms with Crippen LogP contribution in [-0.4, -0.2) is 35.7 Å². The molecule has 22 heavy (non-hydrogen) atoms. The van der Waals surface area contributed by atoms with Crippen molar-refractivity contribution >= 4 is 0 Å². The first kappa shape index (κ1) is 14.2. The summed E-state index contributed by atoms with van der Waals surface area (Å²) in [6.45, 7) is 0. The molecule has 2 heterocycles. The van der Waals surface area contributed by atoms with Crippen LogP contribution in [-0.2, 0) is 9.47 Å². The zero-order valence-electron chi connectivity index (χ0n) is 13.6. The lowest BCUT2D eigenvalue weighted by molar-refractivity contribution is -0.354. The van der Waals surface area contributed by atoms with Gasteiger partial charge in [-0.15, -0.1) is 0 Å². The number of rotatable bonds is 0. The summed E-state index contributed by atoms with van der Waals surface area (Å²) in [6.07, 6.45) is 15.7. The SMILES string of the molecule is C1CCC2OC34CCCCC3(NC2C1)OC1CCCCC1N4. The third-order valence-electron chi connectivity index (χ3n) is 6.91. The van der Waals surface area contributed by atoms with E-state index in [0.29, 0.717) is 24.3 Å². The minimum Gasteiger partial charge on any atom is -0.351 e. The lowest BCUT2D eigenvalue weighted by atomic mass is 9.74. The van der Waals surface area contributed by atoms with E-state index in [9.17, 15) is 0 Å². The van der Waals surface area contributed by atoms with E-state index in [1.54, 1.807) is 0 Å². The Morgan fingerprint density at radius 2 is 1.05 bits per heavy atom. The summed E-state index contributed by atoms with van der Waals surface area (Å²) >= 11 is 0. The summed E-state index contributed by atoms with van der Waals surface area (Å²) in [4.78, 5) is 0. The van der Waals surface area contributed by atoms with Crippen LogP contribution >= 0.6 is 0 Å². The molecule has 3 aliphatic carbocycles. The molecule has 124 valence electrons. The van der Waals surface area contributed by atoms with Crippen molar-refractivity contribution in [3.63, 3.8) is 0 Å². The van der Waals surface area contributed by atoms with Gasteiger partial charge in [0.05, 0.1) is 12.2 Å². The Balaban J connectivity index is 1.50. The van der Waals surface area contributed by atoms with Crippen molar-refractivity contribution in [2.24, 2.45) is 0 Å². The first-order valence-corrected chi connectivity index (χ1v) is 9.71. The first-order chi connectivity index (χ1) is 10.8. The Labute approximate surface area is 133 Å². The van der Waals surface area contributed by atoms with Gasteiger partial charge in [0.25, 0.3) is 0 Å². The maximum absolute atomic E-state index is 6.83. The third kappa shape index (κ3) is 1.97. The van der Waals surface area contributed by atoms with Gasteiger partial charge in [0.1, 0.15) is 0 Å². The fraction of sp³-hybridized carbons (Fsp3) is 1.00. The van der Waals surface area contributed by atoms with Gasteiger partial charge in [-0.25, -0.2) is 0 Å². The van der Waals surface area contributed by atoms with Crippen LogP contribution < -0.4 is 10.6 Å². The molecule has 5 fully saturated rings. The van der Waals surface area contributed by atoms with Crippen molar-refractivity contribution < 1.29 is 9.47 Å². The Kier molecular flexibility index (Phi) is 3.34. The Morgan fingerprint density at radius 1 is 0.591 bits per heavy atom. The fourth-order valence-corrected chi connectivity index (χ4v) is 5.83. The highest BCUT2D eigenvalue weighted by Gasteiger charge is 2.65. The van der Waals surface area contributed by atoms with Gasteiger partial charge in [-0.3, -0.25) is 10.6 Å². The van der Waals surface area contributed by atoms with E-state index in [1.807, 2.05) is 0 Å². The van der Waals surface area contributed by atoms with Crippen LogP contribution in [0.1, 0.15) is 77.0 Å². The number of nitrogens with one attached hydrogen (secondary N) is 2. The zero-order chi connectivity index (χ0) is 14.6. The van der Waals surface area contributed by atoms with E-state index in [-0.39, 0.29) is 11.4 Å². The Hall–Kier alpha value is -0.160. The fourth-order valence-electron chi connectivity index (χ4n) is 5.83. The molecule has 3 saturated carbocycles. The second-order valence-corrected chi connectivity index (χ2v) is 8.24. The summed E-state index contributed by atoms with van der Waals surface area (Å²) in [6, 6.07) is 1.00. The molecule has 6 atom stereocenters. The Bertz CT molecular complexity index is 373. The zero-order valence-corrected chi connectivity index (χ0v) is 13.6. The molecule has 4 nitrogen and oxygen atoms in total. The second-order valence-electron chi connectivity index (χ2n) is 8.24. The second kappa shape index (κ2) is 5.17. The van der Waals surface area contributed by atoms with E-state index >= 15 is 0 Å². The molecule has 4 heteroatoms. The minimum atomic E-state index is -0.262. The van der Waals surface area contributed by atoms with E-state index < -0.39 is 0 Å². The number of ether oxygens (including phenoxy) is 2. The smallest absolute Gasteiger partial charge is 0.162 e. The summed E-state index contributed by atoms with van der Waals surface area (Å²) in [5, 5.41) is 7.97. The molecule has 6 unspecified atom stereocenters. The molecule has 2 aliphatic heterocycles. The monoisotopic (exact) mass is 306 g/mol.